The maximum atomic E-state index is 3.94. The summed E-state index contributed by atoms with van der Waals surface area (Å²) in [6.45, 7) is 29.8. The average molecular weight is 963 g/mol. The van der Waals surface area contributed by atoms with E-state index in [2.05, 4.69) is 233 Å². The molecular weight excluding hydrogens is 896 g/mol. The molecule has 2 heterocycles. The molecule has 0 unspecified atom stereocenters. The van der Waals surface area contributed by atoms with Crippen molar-refractivity contribution in [1.82, 2.24) is 9.13 Å². The Morgan fingerprint density at radius 3 is 0.937 bits per heavy atom. The second-order valence-electron chi connectivity index (χ2n) is 22.9. The first kappa shape index (κ1) is 44.1. The molecule has 4 heteroatoms. The molecule has 0 N–H and O–H groups in total. The molecule has 0 amide bonds. The van der Waals surface area contributed by atoms with Gasteiger partial charge in [-0.15, -0.1) is 0 Å². The van der Waals surface area contributed by atoms with Gasteiger partial charge in [0, 0.05) is 71.1 Å². The molecule has 0 atom stereocenters. The van der Waals surface area contributed by atoms with Gasteiger partial charge in [0.25, 0.3) is 0 Å². The van der Waals surface area contributed by atoms with E-state index in [4.69, 9.17) is 0 Å². The van der Waals surface area contributed by atoms with E-state index in [1.54, 1.807) is 0 Å². The van der Waals surface area contributed by atoms with Crippen molar-refractivity contribution in [3.63, 3.8) is 0 Å². The fourth-order valence-electron chi connectivity index (χ4n) is 10.7. The fourth-order valence-corrected chi connectivity index (χ4v) is 11.5. The first-order valence-corrected chi connectivity index (χ1v) is 24.9. The Kier molecular flexibility index (Phi) is 10.9. The molecule has 0 spiro atoms. The molecule has 8 aromatic rings. The van der Waals surface area contributed by atoms with Gasteiger partial charge in [-0.3, -0.25) is 0 Å². The summed E-state index contributed by atoms with van der Waals surface area (Å²) in [5.74, 6) is 0. The van der Waals surface area contributed by atoms with Gasteiger partial charge in [0.15, 0.2) is 0 Å². The zero-order valence-electron chi connectivity index (χ0n) is 39.8. The highest BCUT2D eigenvalue weighted by molar-refractivity contribution is 9.10. The Morgan fingerprint density at radius 1 is 0.381 bits per heavy atom. The molecule has 0 radical (unpaired) electrons. The number of halogens is 2. The monoisotopic (exact) mass is 960 g/mol. The number of benzene rings is 6. The van der Waals surface area contributed by atoms with Gasteiger partial charge in [0.2, 0.25) is 0 Å². The summed E-state index contributed by atoms with van der Waals surface area (Å²) >= 11 is 7.89. The normalized spacial score (nSPS) is 14.4. The smallest absolute Gasteiger partial charge is 0.0491 e. The number of aryl methyl sites for hydroxylation is 2. The molecule has 326 valence electrons. The van der Waals surface area contributed by atoms with Crippen LogP contribution in [0.1, 0.15) is 142 Å². The van der Waals surface area contributed by atoms with Crippen LogP contribution in [0.4, 0.5) is 0 Å². The minimum absolute atomic E-state index is 0.0758. The first-order chi connectivity index (χ1) is 29.5. The topological polar surface area (TPSA) is 9.86 Å². The van der Waals surface area contributed by atoms with Crippen molar-refractivity contribution in [3.05, 3.63) is 152 Å². The average Bonchev–Trinajstić information content (AvgIpc) is 3.79. The Labute approximate surface area is 393 Å². The van der Waals surface area contributed by atoms with Gasteiger partial charge in [-0.25, -0.2) is 0 Å². The standard InChI is InChI=1S/C59H66Br2N2/c1-55(2,3)37-15-23-51-45(31-37)46-32-38(56(4,5)6)16-24-52(46)62(51)29-13-27-59(49-35-41(60)19-21-43(49)44-22-20-42(61)36-50(44)59)28-14-30-63-53-25-17-39(57(7,8)9)33-47(53)48-34-40(58(10,11)12)18-26-54(48)63/h15-26,31-36H,13-14,27-30H2,1-12H3. The highest BCUT2D eigenvalue weighted by Crippen LogP contribution is 2.55. The summed E-state index contributed by atoms with van der Waals surface area (Å²) < 4.78 is 7.56. The number of aromatic nitrogens is 2. The summed E-state index contributed by atoms with van der Waals surface area (Å²) in [5.41, 5.74) is 16.7. The maximum Gasteiger partial charge on any atom is 0.0491 e. The molecular formula is C59H66Br2N2. The summed E-state index contributed by atoms with van der Waals surface area (Å²) in [7, 11) is 0. The van der Waals surface area contributed by atoms with Gasteiger partial charge in [-0.2, -0.15) is 0 Å². The number of hydrogen-bond donors (Lipinski definition) is 0. The number of hydrogen-bond acceptors (Lipinski definition) is 0. The first-order valence-electron chi connectivity index (χ1n) is 23.3. The van der Waals surface area contributed by atoms with Crippen molar-refractivity contribution in [2.24, 2.45) is 0 Å². The van der Waals surface area contributed by atoms with Crippen molar-refractivity contribution in [1.29, 1.82) is 0 Å². The van der Waals surface area contributed by atoms with Gasteiger partial charge in [0.1, 0.15) is 0 Å². The lowest BCUT2D eigenvalue weighted by Crippen LogP contribution is -2.26. The van der Waals surface area contributed by atoms with E-state index in [9.17, 15) is 0 Å². The van der Waals surface area contributed by atoms with Gasteiger partial charge >= 0.3 is 0 Å². The third-order valence-electron chi connectivity index (χ3n) is 14.4. The Hall–Kier alpha value is -4.12. The molecule has 2 aromatic heterocycles. The highest BCUT2D eigenvalue weighted by atomic mass is 79.9. The van der Waals surface area contributed by atoms with Crippen LogP contribution in [0.25, 0.3) is 54.7 Å². The van der Waals surface area contributed by atoms with Crippen molar-refractivity contribution >= 4 is 75.5 Å². The van der Waals surface area contributed by atoms with E-state index in [1.165, 1.54) is 88.1 Å². The van der Waals surface area contributed by atoms with E-state index in [1.807, 2.05) is 0 Å². The Balaban J connectivity index is 1.13. The van der Waals surface area contributed by atoms with Crippen LogP contribution in [-0.4, -0.2) is 9.13 Å². The Morgan fingerprint density at radius 2 is 0.667 bits per heavy atom. The van der Waals surface area contributed by atoms with Crippen molar-refractivity contribution in [3.8, 4) is 11.1 Å². The maximum absolute atomic E-state index is 3.94. The van der Waals surface area contributed by atoms with Crippen molar-refractivity contribution in [2.45, 2.75) is 149 Å². The van der Waals surface area contributed by atoms with Crippen LogP contribution in [0.5, 0.6) is 0 Å². The van der Waals surface area contributed by atoms with Crippen LogP contribution in [0.2, 0.25) is 0 Å². The molecule has 0 bridgehead atoms. The predicted octanol–water partition coefficient (Wildman–Crippen LogP) is 17.8. The van der Waals surface area contributed by atoms with Crippen LogP contribution in [0.15, 0.2) is 118 Å². The quantitative estimate of drug-likeness (QED) is 0.144. The van der Waals surface area contributed by atoms with Gasteiger partial charge in [0.05, 0.1) is 0 Å². The van der Waals surface area contributed by atoms with Crippen LogP contribution < -0.4 is 0 Å². The number of rotatable bonds is 8. The van der Waals surface area contributed by atoms with E-state index >= 15 is 0 Å². The van der Waals surface area contributed by atoms with Gasteiger partial charge in [-0.05, 0) is 165 Å². The summed E-state index contributed by atoms with van der Waals surface area (Å²) in [4.78, 5) is 0. The Bertz CT molecular complexity index is 2720. The van der Waals surface area contributed by atoms with Crippen LogP contribution in [-0.2, 0) is 40.2 Å². The number of fused-ring (bicyclic) bond motifs is 9. The zero-order valence-corrected chi connectivity index (χ0v) is 43.0. The number of nitrogens with zero attached hydrogens (tertiary/aromatic N) is 2. The third-order valence-corrected chi connectivity index (χ3v) is 15.4. The van der Waals surface area contributed by atoms with E-state index in [0.29, 0.717) is 0 Å². The summed E-state index contributed by atoms with van der Waals surface area (Å²) in [6, 6.07) is 43.0. The lowest BCUT2D eigenvalue weighted by atomic mass is 9.71. The van der Waals surface area contributed by atoms with Gasteiger partial charge < -0.3 is 9.13 Å². The third kappa shape index (κ3) is 7.84. The lowest BCUT2D eigenvalue weighted by molar-refractivity contribution is 0.397. The molecule has 1 aliphatic carbocycles. The van der Waals surface area contributed by atoms with Crippen LogP contribution >= 0.6 is 31.9 Å². The largest absolute Gasteiger partial charge is 0.340 e. The molecule has 6 aromatic carbocycles. The minimum Gasteiger partial charge on any atom is -0.340 e. The summed E-state index contributed by atoms with van der Waals surface area (Å²) in [5, 5.41) is 5.49. The molecule has 63 heavy (non-hydrogen) atoms. The SMILES string of the molecule is CC(C)(C)c1ccc2c(c1)c1cc(C(C)(C)C)ccc1n2CCCC1(CCCn2c3ccc(C(C)(C)C)cc3c3cc(C(C)(C)C)ccc32)c2cc(Br)ccc2-c2ccc(Br)cc21. The summed E-state index contributed by atoms with van der Waals surface area (Å²) in [6.07, 6.45) is 4.22. The molecule has 2 nitrogen and oxygen atoms in total. The fraction of sp³-hybridized carbons (Fsp3) is 0.390. The molecule has 0 fully saturated rings. The van der Waals surface area contributed by atoms with E-state index in [-0.39, 0.29) is 27.1 Å². The second-order valence-corrected chi connectivity index (χ2v) is 24.7. The van der Waals surface area contributed by atoms with Crippen LogP contribution in [0.3, 0.4) is 0 Å². The van der Waals surface area contributed by atoms with E-state index < -0.39 is 0 Å². The van der Waals surface area contributed by atoms with Crippen molar-refractivity contribution in [2.75, 3.05) is 0 Å². The van der Waals surface area contributed by atoms with Crippen LogP contribution in [0, 0.1) is 0 Å². The minimum atomic E-state index is -0.145. The lowest BCUT2D eigenvalue weighted by Gasteiger charge is -2.33. The van der Waals surface area contributed by atoms with Crippen molar-refractivity contribution < 1.29 is 0 Å². The molecule has 0 saturated carbocycles. The highest BCUT2D eigenvalue weighted by Gasteiger charge is 2.43. The molecule has 9 rings (SSSR count). The molecule has 0 saturated heterocycles. The van der Waals surface area contributed by atoms with E-state index in [0.717, 1.165) is 47.7 Å². The zero-order chi connectivity index (χ0) is 45.0. The van der Waals surface area contributed by atoms with Gasteiger partial charge in [-0.1, -0.05) is 151 Å². The molecule has 0 aliphatic heterocycles. The second kappa shape index (κ2) is 15.5. The predicted molar refractivity (Wildman–Crippen MR) is 280 cm³/mol. The molecule has 1 aliphatic rings.